The van der Waals surface area contributed by atoms with E-state index in [1.807, 2.05) is 36.4 Å². The first-order chi connectivity index (χ1) is 10.7. The first-order valence-electron chi connectivity index (χ1n) is 7.42. The van der Waals surface area contributed by atoms with Gasteiger partial charge in [0.15, 0.2) is 5.78 Å². The van der Waals surface area contributed by atoms with E-state index in [0.717, 1.165) is 17.5 Å². The maximum Gasteiger partial charge on any atom is 0.259 e. The number of aryl methyl sites for hydroxylation is 1. The highest BCUT2D eigenvalue weighted by Crippen LogP contribution is 2.44. The molecule has 2 atom stereocenters. The molecular weight excluding hydrogens is 278 g/mol. The minimum Gasteiger partial charge on any atom is -0.294 e. The Bertz CT molecular complexity index is 783. The molecule has 0 fully saturated rings. The fourth-order valence-electron chi connectivity index (χ4n) is 3.65. The number of anilines is 1. The van der Waals surface area contributed by atoms with Gasteiger partial charge in [-0.3, -0.25) is 14.8 Å². The van der Waals surface area contributed by atoms with Gasteiger partial charge in [0.25, 0.3) is 5.91 Å². The van der Waals surface area contributed by atoms with Crippen molar-refractivity contribution >= 4 is 17.4 Å². The Morgan fingerprint density at radius 1 is 1.00 bits per heavy atom. The molecule has 0 radical (unpaired) electrons. The zero-order valence-corrected chi connectivity index (χ0v) is 11.9. The van der Waals surface area contributed by atoms with Crippen LogP contribution in [0.5, 0.6) is 0 Å². The minimum absolute atomic E-state index is 0.00491. The van der Waals surface area contributed by atoms with Crippen LogP contribution in [0, 0.1) is 5.92 Å². The van der Waals surface area contributed by atoms with Crippen molar-refractivity contribution in [2.24, 2.45) is 5.92 Å². The minimum atomic E-state index is -0.581. The third-order valence-corrected chi connectivity index (χ3v) is 4.72. The number of fused-ring (bicyclic) bond motifs is 2. The topological polar surface area (TPSA) is 57.6 Å². The molecule has 4 rings (SSSR count). The van der Waals surface area contributed by atoms with Crippen LogP contribution in [0.3, 0.4) is 0 Å². The first kappa shape index (κ1) is 13.2. The molecule has 1 heterocycles. The number of para-hydroxylation sites is 1. The molecule has 22 heavy (non-hydrogen) atoms. The second-order valence-corrected chi connectivity index (χ2v) is 5.85. The molecule has 0 saturated heterocycles. The maximum atomic E-state index is 12.8. The molecule has 4 nitrogen and oxygen atoms in total. The number of ketones is 1. The van der Waals surface area contributed by atoms with Crippen molar-refractivity contribution in [3.63, 3.8) is 0 Å². The van der Waals surface area contributed by atoms with E-state index in [1.165, 1.54) is 0 Å². The molecule has 0 spiro atoms. The monoisotopic (exact) mass is 293 g/mol. The smallest absolute Gasteiger partial charge is 0.259 e. The highest BCUT2D eigenvalue weighted by atomic mass is 16.5. The number of hydroxylamine groups is 1. The predicted molar refractivity (Wildman–Crippen MR) is 81.0 cm³/mol. The van der Waals surface area contributed by atoms with Gasteiger partial charge in [0, 0.05) is 11.5 Å². The maximum absolute atomic E-state index is 12.8. The second kappa shape index (κ2) is 4.78. The normalized spacial score (nSPS) is 23.4. The van der Waals surface area contributed by atoms with Gasteiger partial charge in [-0.15, -0.1) is 0 Å². The number of carbonyl (C=O) groups excluding carboxylic acids is 2. The van der Waals surface area contributed by atoms with Crippen LogP contribution in [0.15, 0.2) is 48.5 Å². The Hall–Kier alpha value is -2.46. The summed E-state index contributed by atoms with van der Waals surface area (Å²) in [4.78, 5) is 25.3. The van der Waals surface area contributed by atoms with Crippen molar-refractivity contribution < 1.29 is 14.8 Å². The van der Waals surface area contributed by atoms with Crippen LogP contribution in [0.25, 0.3) is 0 Å². The molecule has 4 heteroatoms. The lowest BCUT2D eigenvalue weighted by Crippen LogP contribution is -2.34. The number of carbonyl (C=O) groups is 2. The summed E-state index contributed by atoms with van der Waals surface area (Å²) in [5.74, 6) is -1.38. The fraction of sp³-hybridized carbons (Fsp3) is 0.222. The largest absolute Gasteiger partial charge is 0.294 e. The molecule has 0 bridgehead atoms. The molecule has 1 unspecified atom stereocenters. The molecule has 1 N–H and O–H groups in total. The van der Waals surface area contributed by atoms with Gasteiger partial charge in [-0.05, 0) is 30.0 Å². The van der Waals surface area contributed by atoms with E-state index >= 15 is 0 Å². The lowest BCUT2D eigenvalue weighted by molar-refractivity contribution is -0.124. The number of rotatable bonds is 1. The standard InChI is InChI=1S/C18H15NO3/c20-17-12-6-2-1-5-11(12)9-10-14(17)16-13-7-3-4-8-15(13)19(22)18(16)21/h1-8,14,16,22H,9-10H2/t14-,16?/m1/s1. The molecule has 2 aromatic carbocycles. The molecule has 2 aliphatic rings. The highest BCUT2D eigenvalue weighted by molar-refractivity contribution is 6.09. The Balaban J connectivity index is 1.78. The van der Waals surface area contributed by atoms with Gasteiger partial charge in [-0.2, -0.15) is 5.06 Å². The number of nitrogens with zero attached hydrogens (tertiary/aromatic N) is 1. The van der Waals surface area contributed by atoms with Gasteiger partial charge < -0.3 is 0 Å². The Kier molecular flexibility index (Phi) is 2.87. The lowest BCUT2D eigenvalue weighted by Gasteiger charge is -2.27. The molecule has 1 aliphatic heterocycles. The van der Waals surface area contributed by atoms with Crippen LogP contribution in [0.1, 0.15) is 33.8 Å². The van der Waals surface area contributed by atoms with Gasteiger partial charge in [-0.1, -0.05) is 42.5 Å². The third-order valence-electron chi connectivity index (χ3n) is 4.72. The molecule has 110 valence electrons. The Morgan fingerprint density at radius 2 is 1.73 bits per heavy atom. The summed E-state index contributed by atoms with van der Waals surface area (Å²) in [5, 5.41) is 10.7. The number of hydrogen-bond donors (Lipinski definition) is 1. The molecule has 1 aliphatic carbocycles. The second-order valence-electron chi connectivity index (χ2n) is 5.85. The quantitative estimate of drug-likeness (QED) is 0.822. The van der Waals surface area contributed by atoms with Crippen molar-refractivity contribution in [3.05, 3.63) is 65.2 Å². The fourth-order valence-corrected chi connectivity index (χ4v) is 3.65. The van der Waals surface area contributed by atoms with Crippen molar-refractivity contribution in [1.29, 1.82) is 0 Å². The number of amides is 1. The van der Waals surface area contributed by atoms with E-state index in [0.29, 0.717) is 22.7 Å². The van der Waals surface area contributed by atoms with Crippen LogP contribution in [0.4, 0.5) is 5.69 Å². The van der Waals surface area contributed by atoms with Gasteiger partial charge in [0.2, 0.25) is 0 Å². The van der Waals surface area contributed by atoms with Crippen molar-refractivity contribution in [3.8, 4) is 0 Å². The lowest BCUT2D eigenvalue weighted by atomic mass is 9.74. The van der Waals surface area contributed by atoms with Crippen LogP contribution < -0.4 is 5.06 Å². The van der Waals surface area contributed by atoms with Crippen LogP contribution in [-0.2, 0) is 11.2 Å². The SMILES string of the molecule is O=C1c2ccccc2CC[C@@H]1C1C(=O)N(O)c2ccccc21. The average molecular weight is 293 g/mol. The number of benzene rings is 2. The van der Waals surface area contributed by atoms with Crippen LogP contribution in [-0.4, -0.2) is 16.9 Å². The molecular formula is C18H15NO3. The van der Waals surface area contributed by atoms with E-state index in [-0.39, 0.29) is 5.78 Å². The van der Waals surface area contributed by atoms with Crippen LogP contribution >= 0.6 is 0 Å². The summed E-state index contributed by atoms with van der Waals surface area (Å²) in [6, 6.07) is 14.7. The highest BCUT2D eigenvalue weighted by Gasteiger charge is 2.45. The van der Waals surface area contributed by atoms with E-state index in [2.05, 4.69) is 0 Å². The van der Waals surface area contributed by atoms with Crippen molar-refractivity contribution in [1.82, 2.24) is 0 Å². The number of hydrogen-bond acceptors (Lipinski definition) is 3. The Morgan fingerprint density at radius 3 is 2.59 bits per heavy atom. The first-order valence-corrected chi connectivity index (χ1v) is 7.42. The molecule has 1 amide bonds. The number of Topliss-reactive ketones (excluding diaryl/α,β-unsaturated/α-hetero) is 1. The van der Waals surface area contributed by atoms with Crippen molar-refractivity contribution in [2.45, 2.75) is 18.8 Å². The predicted octanol–water partition coefficient (Wildman–Crippen LogP) is 2.95. The summed E-state index contributed by atoms with van der Waals surface area (Å²) < 4.78 is 0. The molecule has 2 aromatic rings. The average Bonchev–Trinajstić information content (AvgIpc) is 2.81. The van der Waals surface area contributed by atoms with E-state index in [9.17, 15) is 14.8 Å². The summed E-state index contributed by atoms with van der Waals surface area (Å²) in [7, 11) is 0. The molecule has 0 saturated carbocycles. The van der Waals surface area contributed by atoms with Crippen LogP contribution in [0.2, 0.25) is 0 Å². The van der Waals surface area contributed by atoms with Crippen molar-refractivity contribution in [2.75, 3.05) is 5.06 Å². The van der Waals surface area contributed by atoms with Gasteiger partial charge in [0.05, 0.1) is 11.6 Å². The van der Waals surface area contributed by atoms with Gasteiger partial charge in [0.1, 0.15) is 0 Å². The van der Waals surface area contributed by atoms with E-state index in [4.69, 9.17) is 0 Å². The summed E-state index contributed by atoms with van der Waals surface area (Å²) in [5.41, 5.74) is 2.99. The van der Waals surface area contributed by atoms with Gasteiger partial charge in [-0.25, -0.2) is 0 Å². The molecule has 0 aromatic heterocycles. The summed E-state index contributed by atoms with van der Waals surface area (Å²) in [6.07, 6.45) is 1.42. The zero-order valence-electron chi connectivity index (χ0n) is 11.9. The Labute approximate surface area is 127 Å². The van der Waals surface area contributed by atoms with E-state index < -0.39 is 17.7 Å². The summed E-state index contributed by atoms with van der Waals surface area (Å²) >= 11 is 0. The third kappa shape index (κ3) is 1.74. The summed E-state index contributed by atoms with van der Waals surface area (Å²) in [6.45, 7) is 0. The van der Waals surface area contributed by atoms with Gasteiger partial charge >= 0.3 is 0 Å². The zero-order chi connectivity index (χ0) is 15.3. The van der Waals surface area contributed by atoms with E-state index in [1.54, 1.807) is 12.1 Å².